The van der Waals surface area contributed by atoms with Crippen LogP contribution in [0.15, 0.2) is 0 Å². The lowest BCUT2D eigenvalue weighted by Crippen LogP contribution is -1.62. The predicted octanol–water partition coefficient (Wildman–Crippen LogP) is 1.87. The van der Waals surface area contributed by atoms with E-state index in [4.69, 9.17) is 0 Å². The van der Waals surface area contributed by atoms with Crippen molar-refractivity contribution in [3.05, 3.63) is 0 Å². The maximum atomic E-state index is 10.1. The van der Waals surface area contributed by atoms with Gasteiger partial charge in [0.2, 0.25) is 0 Å². The first kappa shape index (κ1) is 9.06. The normalized spacial score (nSPS) is 7.20. The minimum absolute atomic E-state index is 0. The highest BCUT2D eigenvalue weighted by Gasteiger charge is 1.83. The highest BCUT2D eigenvalue weighted by molar-refractivity contribution is 6.18. The second-order valence-electron chi connectivity index (χ2n) is 0.247. The van der Waals surface area contributed by atoms with E-state index in [2.05, 4.69) is 11.6 Å². The molecule has 0 aliphatic carbocycles. The van der Waals surface area contributed by atoms with Crippen LogP contribution in [0.4, 0.5) is 8.78 Å². The summed E-state index contributed by atoms with van der Waals surface area (Å²) in [6.07, 6.45) is 0. The molecule has 0 spiro atoms. The Morgan fingerprint density at radius 3 is 1.40 bits per heavy atom. The molecular formula is CH2Cl2F2. The highest BCUT2D eigenvalue weighted by atomic mass is 35.5. The van der Waals surface area contributed by atoms with Crippen molar-refractivity contribution in [2.24, 2.45) is 0 Å². The van der Waals surface area contributed by atoms with Crippen LogP contribution < -0.4 is 0 Å². The SMILES string of the molecule is Cl.FC(F)Cl. The molecule has 0 saturated carbocycles. The molecule has 0 unspecified atom stereocenters. The molecule has 0 aromatic carbocycles. The molecule has 5 heavy (non-hydrogen) atoms. The molecule has 34 valence electrons. The number of halogens is 4. The zero-order valence-electron chi connectivity index (χ0n) is 2.12. The van der Waals surface area contributed by atoms with E-state index in [1.54, 1.807) is 0 Å². The lowest BCUT2D eigenvalue weighted by atomic mass is 11.7. The summed E-state index contributed by atoms with van der Waals surface area (Å²) in [5.74, 6) is -2.69. The van der Waals surface area contributed by atoms with Gasteiger partial charge in [0.15, 0.2) is 0 Å². The molecule has 0 fully saturated rings. The number of hydrogen-bond donors (Lipinski definition) is 0. The largest absolute Gasteiger partial charge is 0.312 e. The minimum Gasteiger partial charge on any atom is -0.192 e. The van der Waals surface area contributed by atoms with Crippen LogP contribution in [0, 0.1) is 0 Å². The number of hydrogen-bond acceptors (Lipinski definition) is 0. The van der Waals surface area contributed by atoms with Crippen LogP contribution in [0.3, 0.4) is 0 Å². The van der Waals surface area contributed by atoms with Gasteiger partial charge in [-0.05, 0) is 0 Å². The predicted molar refractivity (Wildman–Crippen MR) is 19.1 cm³/mol. The maximum Gasteiger partial charge on any atom is 0.312 e. The quantitative estimate of drug-likeness (QED) is 0.431. The van der Waals surface area contributed by atoms with Crippen LogP contribution in [-0.2, 0) is 0 Å². The zero-order valence-corrected chi connectivity index (χ0v) is 3.69. The van der Waals surface area contributed by atoms with Crippen molar-refractivity contribution < 1.29 is 8.78 Å². The Hall–Kier alpha value is 0.440. The van der Waals surface area contributed by atoms with Gasteiger partial charge in [-0.1, -0.05) is 11.6 Å². The van der Waals surface area contributed by atoms with E-state index >= 15 is 0 Å². The summed E-state index contributed by atoms with van der Waals surface area (Å²) in [6.45, 7) is 0. The first-order chi connectivity index (χ1) is 1.73. The van der Waals surface area contributed by atoms with Gasteiger partial charge in [0.25, 0.3) is 0 Å². The van der Waals surface area contributed by atoms with Gasteiger partial charge in [0, 0.05) is 0 Å². The van der Waals surface area contributed by atoms with E-state index < -0.39 is 5.88 Å². The molecule has 0 atom stereocenters. The van der Waals surface area contributed by atoms with Gasteiger partial charge in [-0.3, -0.25) is 0 Å². The summed E-state index contributed by atoms with van der Waals surface area (Å²) < 4.78 is 20.2. The monoisotopic (exact) mass is 122 g/mol. The summed E-state index contributed by atoms with van der Waals surface area (Å²) in [7, 11) is 0. The number of rotatable bonds is 0. The molecule has 0 aliphatic heterocycles. The molecule has 0 heterocycles. The summed E-state index contributed by atoms with van der Waals surface area (Å²) >= 11 is 3.94. The third-order valence-electron chi connectivity index (χ3n) is 0. The van der Waals surface area contributed by atoms with Crippen LogP contribution in [0.25, 0.3) is 0 Å². The molecule has 0 bridgehead atoms. The second kappa shape index (κ2) is 4.44. The van der Waals surface area contributed by atoms with Crippen molar-refractivity contribution in [1.29, 1.82) is 0 Å². The van der Waals surface area contributed by atoms with E-state index in [-0.39, 0.29) is 12.4 Å². The topological polar surface area (TPSA) is 0 Å². The molecule has 0 saturated heterocycles. The van der Waals surface area contributed by atoms with E-state index in [9.17, 15) is 8.78 Å². The Balaban J connectivity index is 0. The van der Waals surface area contributed by atoms with Gasteiger partial charge in [-0.25, -0.2) is 0 Å². The molecule has 0 N–H and O–H groups in total. The van der Waals surface area contributed by atoms with E-state index in [1.165, 1.54) is 0 Å². The van der Waals surface area contributed by atoms with Gasteiger partial charge in [0.1, 0.15) is 0 Å². The van der Waals surface area contributed by atoms with E-state index in [1.807, 2.05) is 0 Å². The van der Waals surface area contributed by atoms with Crippen molar-refractivity contribution in [2.75, 3.05) is 0 Å². The van der Waals surface area contributed by atoms with Gasteiger partial charge < -0.3 is 0 Å². The fourth-order valence-corrected chi connectivity index (χ4v) is 0. The first-order valence-corrected chi connectivity index (χ1v) is 1.09. The third-order valence-corrected chi connectivity index (χ3v) is 0. The molecule has 4 heteroatoms. The molecular weight excluding hydrogens is 121 g/mol. The number of alkyl halides is 3. The smallest absolute Gasteiger partial charge is 0.192 e. The minimum atomic E-state index is -2.69. The van der Waals surface area contributed by atoms with Crippen molar-refractivity contribution >= 4 is 24.0 Å². The van der Waals surface area contributed by atoms with Crippen molar-refractivity contribution in [2.45, 2.75) is 5.88 Å². The molecule has 0 aromatic rings. The Kier molecular flexibility index (Phi) is 8.05. The zero-order chi connectivity index (χ0) is 3.58. The van der Waals surface area contributed by atoms with Crippen molar-refractivity contribution in [3.63, 3.8) is 0 Å². The average Bonchev–Trinajstić information content (AvgIpc) is 0.811. The van der Waals surface area contributed by atoms with Crippen LogP contribution in [0.5, 0.6) is 0 Å². The summed E-state index contributed by atoms with van der Waals surface area (Å²) in [6, 6.07) is 0. The first-order valence-electron chi connectivity index (χ1n) is 0.655. The lowest BCUT2D eigenvalue weighted by molar-refractivity contribution is 0.243. The van der Waals surface area contributed by atoms with Gasteiger partial charge in [-0.2, -0.15) is 8.78 Å². The second-order valence-corrected chi connectivity index (χ2v) is 0.577. The average molecular weight is 123 g/mol. The Bertz CT molecular complexity index is 12.4. The fourth-order valence-electron chi connectivity index (χ4n) is 0. The molecule has 0 aromatic heterocycles. The summed E-state index contributed by atoms with van der Waals surface area (Å²) in [5, 5.41) is 0. The molecule has 0 radical (unpaired) electrons. The van der Waals surface area contributed by atoms with Gasteiger partial charge in [-0.15, -0.1) is 12.4 Å². The fraction of sp³-hybridized carbons (Fsp3) is 1.00. The molecule has 0 aliphatic rings. The van der Waals surface area contributed by atoms with Crippen molar-refractivity contribution in [3.8, 4) is 0 Å². The lowest BCUT2D eigenvalue weighted by Gasteiger charge is -1.66. The van der Waals surface area contributed by atoms with Crippen LogP contribution in [0.2, 0.25) is 0 Å². The van der Waals surface area contributed by atoms with E-state index in [0.717, 1.165) is 0 Å². The van der Waals surface area contributed by atoms with Crippen molar-refractivity contribution in [1.82, 2.24) is 0 Å². The van der Waals surface area contributed by atoms with Crippen LogP contribution in [-0.4, -0.2) is 5.88 Å². The third kappa shape index (κ3) is 137. The summed E-state index contributed by atoms with van der Waals surface area (Å²) in [4.78, 5) is 0. The maximum absolute atomic E-state index is 10.1. The Morgan fingerprint density at radius 2 is 1.40 bits per heavy atom. The van der Waals surface area contributed by atoms with E-state index in [0.29, 0.717) is 0 Å². The Morgan fingerprint density at radius 1 is 1.40 bits per heavy atom. The molecule has 0 amide bonds. The van der Waals surface area contributed by atoms with Gasteiger partial charge >= 0.3 is 5.88 Å². The van der Waals surface area contributed by atoms with Gasteiger partial charge in [0.05, 0.1) is 0 Å². The Labute approximate surface area is 39.5 Å². The standard InChI is InChI=1S/CHClF2.ClH/c2-1(3)4;/h1H;1H. The van der Waals surface area contributed by atoms with Crippen LogP contribution in [0.1, 0.15) is 0 Å². The van der Waals surface area contributed by atoms with Crippen LogP contribution >= 0.6 is 24.0 Å². The highest BCUT2D eigenvalue weighted by Crippen LogP contribution is 1.93. The summed E-state index contributed by atoms with van der Waals surface area (Å²) in [5.41, 5.74) is 0. The molecule has 0 rings (SSSR count). The molecule has 0 nitrogen and oxygen atoms in total.